The van der Waals surface area contributed by atoms with Gasteiger partial charge in [-0.2, -0.15) is 0 Å². The summed E-state index contributed by atoms with van der Waals surface area (Å²) in [6.07, 6.45) is 7.53. The van der Waals surface area contributed by atoms with Gasteiger partial charge in [-0.25, -0.2) is 0 Å². The second-order valence-electron chi connectivity index (χ2n) is 5.76. The standard InChI is InChI=1S/C17H21N2S/c18-14-6-4-7-15(12-14)19-17(9-2-1-3-10-17)13-16-8-5-11-20-16/h4-6,8,11-12,19H,1-3,9-10,13,18H2. The van der Waals surface area contributed by atoms with E-state index < -0.39 is 0 Å². The molecule has 1 aromatic heterocycles. The predicted molar refractivity (Wildman–Crippen MR) is 87.2 cm³/mol. The number of thiophene rings is 1. The number of nitrogens with one attached hydrogen (secondary N) is 1. The Balaban J connectivity index is 1.81. The van der Waals surface area contributed by atoms with E-state index in [4.69, 9.17) is 5.73 Å². The smallest absolute Gasteiger partial charge is 0.0445 e. The predicted octanol–water partition coefficient (Wildman–Crippen LogP) is 4.49. The van der Waals surface area contributed by atoms with Crippen LogP contribution >= 0.6 is 11.3 Å². The number of anilines is 2. The van der Waals surface area contributed by atoms with E-state index in [9.17, 15) is 0 Å². The fraction of sp³-hybridized carbons (Fsp3) is 0.412. The van der Waals surface area contributed by atoms with Gasteiger partial charge in [0.1, 0.15) is 0 Å². The third kappa shape index (κ3) is 3.15. The van der Waals surface area contributed by atoms with Gasteiger partial charge in [0.05, 0.1) is 0 Å². The van der Waals surface area contributed by atoms with Crippen LogP contribution in [0, 0.1) is 6.07 Å². The molecule has 105 valence electrons. The topological polar surface area (TPSA) is 38.0 Å². The molecule has 3 rings (SSSR count). The molecule has 3 heteroatoms. The second-order valence-corrected chi connectivity index (χ2v) is 6.79. The first-order chi connectivity index (χ1) is 9.76. The highest BCUT2D eigenvalue weighted by Crippen LogP contribution is 2.35. The van der Waals surface area contributed by atoms with Crippen LogP contribution in [0.2, 0.25) is 0 Å². The number of benzene rings is 1. The average molecular weight is 285 g/mol. The van der Waals surface area contributed by atoms with Crippen molar-refractivity contribution in [1.82, 2.24) is 0 Å². The van der Waals surface area contributed by atoms with Crippen LogP contribution in [0.4, 0.5) is 11.4 Å². The molecule has 3 N–H and O–H groups in total. The highest BCUT2D eigenvalue weighted by Gasteiger charge is 2.32. The lowest BCUT2D eigenvalue weighted by Gasteiger charge is -2.39. The average Bonchev–Trinajstić information content (AvgIpc) is 2.92. The van der Waals surface area contributed by atoms with Gasteiger partial charge < -0.3 is 11.1 Å². The highest BCUT2D eigenvalue weighted by molar-refractivity contribution is 7.09. The molecule has 0 unspecified atom stereocenters. The maximum absolute atomic E-state index is 5.88. The first-order valence-electron chi connectivity index (χ1n) is 7.34. The van der Waals surface area contributed by atoms with Crippen molar-refractivity contribution in [1.29, 1.82) is 0 Å². The monoisotopic (exact) mass is 285 g/mol. The van der Waals surface area contributed by atoms with Crippen molar-refractivity contribution in [3.8, 4) is 0 Å². The van der Waals surface area contributed by atoms with Gasteiger partial charge in [-0.15, -0.1) is 11.3 Å². The van der Waals surface area contributed by atoms with Crippen molar-refractivity contribution in [3.05, 3.63) is 46.7 Å². The van der Waals surface area contributed by atoms with Crippen molar-refractivity contribution in [3.63, 3.8) is 0 Å². The van der Waals surface area contributed by atoms with Crippen LogP contribution in [0.1, 0.15) is 37.0 Å². The molecule has 1 saturated carbocycles. The van der Waals surface area contributed by atoms with E-state index >= 15 is 0 Å². The van der Waals surface area contributed by atoms with Gasteiger partial charge in [0.15, 0.2) is 0 Å². The molecule has 1 heterocycles. The molecule has 0 bridgehead atoms. The fourth-order valence-corrected chi connectivity index (χ4v) is 4.01. The number of hydrogen-bond acceptors (Lipinski definition) is 3. The van der Waals surface area contributed by atoms with Crippen molar-refractivity contribution >= 4 is 22.7 Å². The summed E-state index contributed by atoms with van der Waals surface area (Å²) in [5.74, 6) is 0. The van der Waals surface area contributed by atoms with Crippen molar-refractivity contribution in [2.45, 2.75) is 44.1 Å². The zero-order valence-corrected chi connectivity index (χ0v) is 12.5. The minimum Gasteiger partial charge on any atom is -0.399 e. The largest absolute Gasteiger partial charge is 0.399 e. The minimum absolute atomic E-state index is 0.174. The van der Waals surface area contributed by atoms with E-state index in [1.165, 1.54) is 37.0 Å². The summed E-state index contributed by atoms with van der Waals surface area (Å²) < 4.78 is 0. The number of rotatable bonds is 4. The second kappa shape index (κ2) is 5.88. The normalized spacial score (nSPS) is 17.8. The summed E-state index contributed by atoms with van der Waals surface area (Å²) in [5, 5.41) is 5.91. The van der Waals surface area contributed by atoms with E-state index in [0.29, 0.717) is 0 Å². The molecular weight excluding hydrogens is 264 g/mol. The number of hydrogen-bond donors (Lipinski definition) is 2. The molecule has 1 aliphatic carbocycles. The number of nitrogen functional groups attached to an aromatic ring is 1. The Morgan fingerprint density at radius 3 is 2.80 bits per heavy atom. The summed E-state index contributed by atoms with van der Waals surface area (Å²) >= 11 is 1.85. The molecule has 0 amide bonds. The Morgan fingerprint density at radius 2 is 2.10 bits per heavy atom. The third-order valence-corrected chi connectivity index (χ3v) is 5.01. The molecule has 20 heavy (non-hydrogen) atoms. The Hall–Kier alpha value is -1.48. The Bertz CT molecular complexity index is 542. The molecule has 1 aromatic carbocycles. The van der Waals surface area contributed by atoms with Gasteiger partial charge in [0.2, 0.25) is 0 Å². The molecule has 0 aliphatic heterocycles. The van der Waals surface area contributed by atoms with Gasteiger partial charge in [0.25, 0.3) is 0 Å². The van der Waals surface area contributed by atoms with Gasteiger partial charge in [-0.05, 0) is 36.4 Å². The SMILES string of the molecule is Nc1cc[c]c(NC2(Cc3cccs3)CCCCC2)c1. The molecule has 0 spiro atoms. The zero-order chi connectivity index (χ0) is 13.8. The van der Waals surface area contributed by atoms with Crippen molar-refractivity contribution < 1.29 is 0 Å². The molecule has 0 atom stereocenters. The van der Waals surface area contributed by atoms with E-state index in [0.717, 1.165) is 17.8 Å². The van der Waals surface area contributed by atoms with Crippen LogP contribution in [0.3, 0.4) is 0 Å². The minimum atomic E-state index is 0.174. The molecular formula is C17H21N2S. The van der Waals surface area contributed by atoms with Gasteiger partial charge >= 0.3 is 0 Å². The van der Waals surface area contributed by atoms with E-state index in [1.807, 2.05) is 29.5 Å². The van der Waals surface area contributed by atoms with Crippen LogP contribution in [0.15, 0.2) is 35.7 Å². The third-order valence-electron chi connectivity index (χ3n) is 4.13. The van der Waals surface area contributed by atoms with Gasteiger partial charge in [-0.3, -0.25) is 0 Å². The lowest BCUT2D eigenvalue weighted by Crippen LogP contribution is -2.42. The number of nitrogens with two attached hydrogens (primary N) is 1. The van der Waals surface area contributed by atoms with Crippen molar-refractivity contribution in [2.75, 3.05) is 11.1 Å². The van der Waals surface area contributed by atoms with E-state index in [2.05, 4.69) is 28.9 Å². The van der Waals surface area contributed by atoms with Crippen molar-refractivity contribution in [2.24, 2.45) is 0 Å². The fourth-order valence-electron chi connectivity index (χ4n) is 3.16. The van der Waals surface area contributed by atoms with E-state index in [-0.39, 0.29) is 5.54 Å². The van der Waals surface area contributed by atoms with Crippen LogP contribution in [0.5, 0.6) is 0 Å². The van der Waals surface area contributed by atoms with Crippen LogP contribution < -0.4 is 11.1 Å². The molecule has 0 saturated heterocycles. The molecule has 2 aromatic rings. The van der Waals surface area contributed by atoms with Crippen LogP contribution in [-0.2, 0) is 6.42 Å². The maximum Gasteiger partial charge on any atom is 0.0445 e. The Morgan fingerprint density at radius 1 is 1.25 bits per heavy atom. The summed E-state index contributed by atoms with van der Waals surface area (Å²) in [6, 6.07) is 13.4. The lowest BCUT2D eigenvalue weighted by molar-refractivity contribution is 0.323. The molecule has 1 fully saturated rings. The maximum atomic E-state index is 5.88. The first-order valence-corrected chi connectivity index (χ1v) is 8.22. The van der Waals surface area contributed by atoms with Crippen LogP contribution in [0.25, 0.3) is 0 Å². The molecule has 1 radical (unpaired) electrons. The quantitative estimate of drug-likeness (QED) is 0.812. The molecule has 2 nitrogen and oxygen atoms in total. The zero-order valence-electron chi connectivity index (χ0n) is 11.7. The van der Waals surface area contributed by atoms with E-state index in [1.54, 1.807) is 0 Å². The van der Waals surface area contributed by atoms with Gasteiger partial charge in [0, 0.05) is 34.3 Å². The Labute approximate surface area is 125 Å². The van der Waals surface area contributed by atoms with Gasteiger partial charge in [-0.1, -0.05) is 31.4 Å². The summed E-state index contributed by atoms with van der Waals surface area (Å²) in [6.45, 7) is 0. The first kappa shape index (κ1) is 13.5. The summed E-state index contributed by atoms with van der Waals surface area (Å²) in [5.41, 5.74) is 7.89. The lowest BCUT2D eigenvalue weighted by atomic mass is 9.78. The molecule has 1 aliphatic rings. The highest BCUT2D eigenvalue weighted by atomic mass is 32.1. The Kier molecular flexibility index (Phi) is 3.97. The summed E-state index contributed by atoms with van der Waals surface area (Å²) in [4.78, 5) is 1.46. The van der Waals surface area contributed by atoms with Crippen LogP contribution in [-0.4, -0.2) is 5.54 Å². The summed E-state index contributed by atoms with van der Waals surface area (Å²) in [7, 11) is 0.